The Balaban J connectivity index is 2.54. The fraction of sp³-hybridized carbons (Fsp3) is 0.312. The average Bonchev–Trinajstić information content (AvgIpc) is 2.84. The van der Waals surface area contributed by atoms with E-state index in [2.05, 4.69) is 0 Å². The highest BCUT2D eigenvalue weighted by atomic mass is 35.5. The molecule has 0 bridgehead atoms. The first-order valence-electron chi connectivity index (χ1n) is 7.41. The summed E-state index contributed by atoms with van der Waals surface area (Å²) in [5.41, 5.74) is 1.50. The van der Waals surface area contributed by atoms with Gasteiger partial charge in [-0.3, -0.25) is 14.5 Å². The molecule has 1 aromatic rings. The van der Waals surface area contributed by atoms with E-state index in [0.717, 1.165) is 22.2 Å². The molecule has 1 aromatic carbocycles. The highest BCUT2D eigenvalue weighted by molar-refractivity contribution is 8.26. The lowest BCUT2D eigenvalue weighted by Crippen LogP contribution is -2.34. The van der Waals surface area contributed by atoms with E-state index in [1.807, 2.05) is 35.2 Å². The number of carboxylic acids is 1. The van der Waals surface area contributed by atoms with Crippen molar-refractivity contribution in [2.24, 2.45) is 0 Å². The normalized spacial score (nSPS) is 16.3. The van der Waals surface area contributed by atoms with Crippen molar-refractivity contribution in [1.29, 1.82) is 0 Å². The first-order chi connectivity index (χ1) is 12.0. The van der Waals surface area contributed by atoms with Crippen molar-refractivity contribution < 1.29 is 14.7 Å². The quantitative estimate of drug-likeness (QED) is 0.397. The summed E-state index contributed by atoms with van der Waals surface area (Å²) < 4.78 is 0.229. The number of halogens is 2. The van der Waals surface area contributed by atoms with Crippen molar-refractivity contribution in [1.82, 2.24) is 9.80 Å². The number of aliphatic carboxylic acids is 1. The topological polar surface area (TPSA) is 60.9 Å². The van der Waals surface area contributed by atoms with Gasteiger partial charge in [-0.1, -0.05) is 54.3 Å². The summed E-state index contributed by atoms with van der Waals surface area (Å²) in [6.45, 7) is 0.546. The molecule has 1 fully saturated rings. The Morgan fingerprint density at radius 2 is 1.80 bits per heavy atom. The van der Waals surface area contributed by atoms with E-state index in [4.69, 9.17) is 40.5 Å². The zero-order valence-electron chi connectivity index (χ0n) is 13.2. The molecule has 0 aliphatic carbocycles. The second kappa shape index (κ2) is 9.43. The summed E-state index contributed by atoms with van der Waals surface area (Å²) in [7, 11) is 0. The van der Waals surface area contributed by atoms with E-state index in [0.29, 0.717) is 35.5 Å². The Morgan fingerprint density at radius 3 is 2.32 bits per heavy atom. The minimum atomic E-state index is -1.11. The number of alkyl halides is 2. The molecule has 5 nitrogen and oxygen atoms in total. The van der Waals surface area contributed by atoms with Crippen LogP contribution in [-0.2, 0) is 9.59 Å². The lowest BCUT2D eigenvalue weighted by Gasteiger charge is -2.27. The third kappa shape index (κ3) is 4.88. The Morgan fingerprint density at radius 1 is 1.20 bits per heavy atom. The fourth-order valence-electron chi connectivity index (χ4n) is 2.41. The second-order valence-electron chi connectivity index (χ2n) is 5.06. The minimum Gasteiger partial charge on any atom is -0.480 e. The lowest BCUT2D eigenvalue weighted by molar-refractivity contribution is -0.140. The maximum absolute atomic E-state index is 12.8. The summed E-state index contributed by atoms with van der Waals surface area (Å²) in [6.07, 6.45) is 0. The number of rotatable bonds is 8. The van der Waals surface area contributed by atoms with Gasteiger partial charge in [0.2, 0.25) is 0 Å². The van der Waals surface area contributed by atoms with E-state index in [9.17, 15) is 9.59 Å². The third-order valence-corrected chi connectivity index (χ3v) is 5.21. The average molecular weight is 419 g/mol. The van der Waals surface area contributed by atoms with Crippen LogP contribution < -0.4 is 0 Å². The van der Waals surface area contributed by atoms with Crippen LogP contribution in [0, 0.1) is 0 Å². The van der Waals surface area contributed by atoms with Crippen molar-refractivity contribution >= 4 is 69.1 Å². The maximum atomic E-state index is 12.8. The molecule has 0 unspecified atom stereocenters. The molecule has 0 radical (unpaired) electrons. The number of carboxylic acid groups (broad SMARTS) is 1. The van der Waals surface area contributed by atoms with Gasteiger partial charge in [-0.25, -0.2) is 0 Å². The molecule has 1 aliphatic heterocycles. The Hall–Kier alpha value is -1.28. The van der Waals surface area contributed by atoms with Crippen molar-refractivity contribution in [2.75, 3.05) is 31.4 Å². The number of hydrogen-bond acceptors (Lipinski definition) is 5. The number of hydrogen-bond donors (Lipinski definition) is 1. The molecule has 134 valence electrons. The predicted octanol–water partition coefficient (Wildman–Crippen LogP) is 3.08. The van der Waals surface area contributed by atoms with E-state index in [1.54, 1.807) is 0 Å². The minimum absolute atomic E-state index is 0.229. The SMILES string of the molecule is O=C(O)CN1C(=O)/C(=C(\c2ccccc2)N(CCCl)CCCl)SC1=S. The molecule has 1 N–H and O–H groups in total. The van der Waals surface area contributed by atoms with E-state index < -0.39 is 18.4 Å². The van der Waals surface area contributed by atoms with Crippen LogP contribution in [0.5, 0.6) is 0 Å². The molecule has 1 heterocycles. The zero-order chi connectivity index (χ0) is 18.4. The van der Waals surface area contributed by atoms with Crippen LogP contribution >= 0.6 is 47.2 Å². The number of amides is 1. The van der Waals surface area contributed by atoms with Gasteiger partial charge in [-0.2, -0.15) is 0 Å². The predicted molar refractivity (Wildman–Crippen MR) is 106 cm³/mol. The van der Waals surface area contributed by atoms with Crippen molar-refractivity contribution in [2.45, 2.75) is 0 Å². The number of thioether (sulfide) groups is 1. The number of thiocarbonyl (C=S) groups is 1. The maximum Gasteiger partial charge on any atom is 0.323 e. The molecule has 1 saturated heterocycles. The highest BCUT2D eigenvalue weighted by Crippen LogP contribution is 2.38. The van der Waals surface area contributed by atoms with Gasteiger partial charge in [0.25, 0.3) is 5.91 Å². The van der Waals surface area contributed by atoms with Crippen LogP contribution in [-0.4, -0.2) is 62.5 Å². The monoisotopic (exact) mass is 418 g/mol. The Labute approximate surface area is 165 Å². The van der Waals surface area contributed by atoms with Gasteiger partial charge in [0.1, 0.15) is 15.8 Å². The first kappa shape index (κ1) is 20.0. The van der Waals surface area contributed by atoms with Crippen molar-refractivity contribution in [3.05, 3.63) is 40.8 Å². The van der Waals surface area contributed by atoms with Crippen LogP contribution in [0.2, 0.25) is 0 Å². The van der Waals surface area contributed by atoms with Crippen LogP contribution in [0.1, 0.15) is 5.56 Å². The van der Waals surface area contributed by atoms with Crippen LogP contribution in [0.4, 0.5) is 0 Å². The highest BCUT2D eigenvalue weighted by Gasteiger charge is 2.37. The standard InChI is InChI=1S/C16H16Cl2N2O3S2/c17-6-8-19(9-7-18)13(11-4-2-1-3-5-11)14-15(23)20(10-12(21)22)16(24)25-14/h1-5H,6-10H2,(H,21,22)/b14-13-. The van der Waals surface area contributed by atoms with Gasteiger partial charge in [-0.15, -0.1) is 23.2 Å². The Kier molecular flexibility index (Phi) is 7.56. The van der Waals surface area contributed by atoms with Crippen molar-refractivity contribution in [3.8, 4) is 0 Å². The summed E-state index contributed by atoms with van der Waals surface area (Å²) in [5, 5.41) is 9.00. The number of nitrogens with zero attached hydrogens (tertiary/aromatic N) is 2. The molecular weight excluding hydrogens is 403 g/mol. The van der Waals surface area contributed by atoms with Crippen LogP contribution in [0.25, 0.3) is 5.70 Å². The molecule has 25 heavy (non-hydrogen) atoms. The summed E-state index contributed by atoms with van der Waals surface area (Å²) in [4.78, 5) is 27.2. The van der Waals surface area contributed by atoms with E-state index in [-0.39, 0.29) is 4.32 Å². The Bertz CT molecular complexity index is 692. The van der Waals surface area contributed by atoms with E-state index in [1.165, 1.54) is 0 Å². The van der Waals surface area contributed by atoms with E-state index >= 15 is 0 Å². The molecule has 1 amide bonds. The van der Waals surface area contributed by atoms with Gasteiger partial charge < -0.3 is 10.0 Å². The molecule has 2 rings (SSSR count). The lowest BCUT2D eigenvalue weighted by atomic mass is 10.1. The number of benzene rings is 1. The smallest absolute Gasteiger partial charge is 0.323 e. The van der Waals surface area contributed by atoms with Crippen LogP contribution in [0.15, 0.2) is 35.2 Å². The summed E-state index contributed by atoms with van der Waals surface area (Å²) in [5.74, 6) is -0.798. The van der Waals surface area contributed by atoms with Gasteiger partial charge >= 0.3 is 5.97 Å². The fourth-order valence-corrected chi connectivity index (χ4v) is 4.18. The third-order valence-electron chi connectivity index (χ3n) is 3.43. The van der Waals surface area contributed by atoms with Gasteiger partial charge in [-0.05, 0) is 5.56 Å². The first-order valence-corrected chi connectivity index (χ1v) is 9.71. The molecule has 0 spiro atoms. The largest absolute Gasteiger partial charge is 0.480 e. The molecule has 0 atom stereocenters. The molecular formula is C16H16Cl2N2O3S2. The zero-order valence-corrected chi connectivity index (χ0v) is 16.3. The molecule has 9 heteroatoms. The second-order valence-corrected chi connectivity index (χ2v) is 7.46. The molecule has 0 saturated carbocycles. The van der Waals surface area contributed by atoms with Crippen LogP contribution in [0.3, 0.4) is 0 Å². The van der Waals surface area contributed by atoms with Gasteiger partial charge in [0.05, 0.1) is 5.70 Å². The van der Waals surface area contributed by atoms with Crippen molar-refractivity contribution in [3.63, 3.8) is 0 Å². The van der Waals surface area contributed by atoms with Gasteiger partial charge in [0.15, 0.2) is 0 Å². The number of carbonyl (C=O) groups is 2. The summed E-state index contributed by atoms with van der Waals surface area (Å²) in [6, 6.07) is 9.38. The summed E-state index contributed by atoms with van der Waals surface area (Å²) >= 11 is 18.1. The molecule has 1 aliphatic rings. The van der Waals surface area contributed by atoms with Gasteiger partial charge in [0, 0.05) is 24.8 Å². The molecule has 0 aromatic heterocycles. The number of carbonyl (C=O) groups excluding carboxylic acids is 1.